The summed E-state index contributed by atoms with van der Waals surface area (Å²) in [7, 11) is 1.59. The molecular weight excluding hydrogens is 130 g/mol. The topological polar surface area (TPSA) is 29.5 Å². The zero-order chi connectivity index (χ0) is 7.98. The molecule has 0 N–H and O–H groups in total. The average molecular weight is 143 g/mol. The van der Waals surface area contributed by atoms with Crippen LogP contribution in [-0.4, -0.2) is 18.0 Å². The van der Waals surface area contributed by atoms with Gasteiger partial charge in [-0.3, -0.25) is 4.79 Å². The molecule has 0 saturated heterocycles. The van der Waals surface area contributed by atoms with Crippen LogP contribution in [0.1, 0.15) is 20.3 Å². The van der Waals surface area contributed by atoms with Gasteiger partial charge in [0.25, 0.3) is 5.91 Å². The van der Waals surface area contributed by atoms with E-state index in [0.29, 0.717) is 6.42 Å². The Kier molecular flexibility index (Phi) is 4.37. The van der Waals surface area contributed by atoms with Crippen molar-refractivity contribution in [1.82, 2.24) is 5.06 Å². The van der Waals surface area contributed by atoms with Gasteiger partial charge in [0.1, 0.15) is 6.26 Å². The lowest BCUT2D eigenvalue weighted by molar-refractivity contribution is -0.163. The fourth-order valence-electron chi connectivity index (χ4n) is 0.471. The van der Waals surface area contributed by atoms with Gasteiger partial charge in [-0.1, -0.05) is 13.8 Å². The molecule has 0 aromatic heterocycles. The summed E-state index contributed by atoms with van der Waals surface area (Å²) in [6.45, 7) is 4.00. The van der Waals surface area contributed by atoms with E-state index in [1.165, 1.54) is 11.3 Å². The first-order chi connectivity index (χ1) is 4.80. The first-order valence-corrected chi connectivity index (χ1v) is 3.39. The Balaban J connectivity index is 0.000000371. The third kappa shape index (κ3) is 2.53. The van der Waals surface area contributed by atoms with Crippen LogP contribution in [-0.2, 0) is 9.63 Å². The highest BCUT2D eigenvalue weighted by Crippen LogP contribution is 1.99. The quantitative estimate of drug-likeness (QED) is 0.512. The summed E-state index contributed by atoms with van der Waals surface area (Å²) in [5, 5.41) is 1.21. The summed E-state index contributed by atoms with van der Waals surface area (Å²) in [4.78, 5) is 15.2. The molecule has 0 aromatic rings. The maximum Gasteiger partial charge on any atom is 0.258 e. The molecule has 1 amide bonds. The van der Waals surface area contributed by atoms with E-state index in [1.54, 1.807) is 13.1 Å². The van der Waals surface area contributed by atoms with E-state index in [0.717, 1.165) is 0 Å². The van der Waals surface area contributed by atoms with E-state index < -0.39 is 0 Å². The number of rotatable bonds is 0. The van der Waals surface area contributed by atoms with Crippen LogP contribution < -0.4 is 0 Å². The van der Waals surface area contributed by atoms with Crippen molar-refractivity contribution in [2.45, 2.75) is 20.3 Å². The average Bonchev–Trinajstić information content (AvgIpc) is 2.00. The van der Waals surface area contributed by atoms with Crippen LogP contribution in [0.4, 0.5) is 0 Å². The van der Waals surface area contributed by atoms with Crippen LogP contribution in [0.2, 0.25) is 0 Å². The van der Waals surface area contributed by atoms with Crippen LogP contribution >= 0.6 is 0 Å². The Hall–Kier alpha value is -0.990. The van der Waals surface area contributed by atoms with Gasteiger partial charge >= 0.3 is 0 Å². The summed E-state index contributed by atoms with van der Waals surface area (Å²) >= 11 is 0. The fourth-order valence-corrected chi connectivity index (χ4v) is 0.471. The van der Waals surface area contributed by atoms with Crippen molar-refractivity contribution >= 4 is 5.91 Å². The van der Waals surface area contributed by atoms with Crippen molar-refractivity contribution in [2.75, 3.05) is 7.05 Å². The van der Waals surface area contributed by atoms with E-state index in [-0.39, 0.29) is 5.91 Å². The highest BCUT2D eigenvalue weighted by atomic mass is 16.7. The minimum absolute atomic E-state index is 0.00694. The molecule has 3 heteroatoms. The van der Waals surface area contributed by atoms with E-state index >= 15 is 0 Å². The van der Waals surface area contributed by atoms with E-state index in [9.17, 15) is 4.79 Å². The van der Waals surface area contributed by atoms with Crippen molar-refractivity contribution < 1.29 is 9.63 Å². The second kappa shape index (κ2) is 4.85. The molecule has 1 rings (SSSR count). The lowest BCUT2D eigenvalue weighted by Crippen LogP contribution is -2.26. The molecule has 0 aromatic carbocycles. The minimum Gasteiger partial charge on any atom is -0.385 e. The molecular formula is C7H13NO2. The van der Waals surface area contributed by atoms with Crippen LogP contribution in [0.5, 0.6) is 0 Å². The molecule has 0 radical (unpaired) electrons. The van der Waals surface area contributed by atoms with Crippen molar-refractivity contribution in [2.24, 2.45) is 0 Å². The third-order valence-corrected chi connectivity index (χ3v) is 0.959. The third-order valence-electron chi connectivity index (χ3n) is 0.959. The van der Waals surface area contributed by atoms with Crippen LogP contribution in [0.3, 0.4) is 0 Å². The molecule has 10 heavy (non-hydrogen) atoms. The number of carbonyl (C=O) groups excluding carboxylic acids is 1. The maximum absolute atomic E-state index is 10.5. The zero-order valence-corrected chi connectivity index (χ0v) is 6.63. The van der Waals surface area contributed by atoms with E-state index in [1.807, 2.05) is 13.8 Å². The van der Waals surface area contributed by atoms with Crippen LogP contribution in [0.25, 0.3) is 0 Å². The van der Waals surface area contributed by atoms with Gasteiger partial charge in [-0.05, 0) is 6.08 Å². The second-order valence-corrected chi connectivity index (χ2v) is 1.57. The smallest absolute Gasteiger partial charge is 0.258 e. The predicted molar refractivity (Wildman–Crippen MR) is 39.0 cm³/mol. The Morgan fingerprint density at radius 2 is 2.20 bits per heavy atom. The first kappa shape index (κ1) is 9.01. The Morgan fingerprint density at radius 1 is 1.60 bits per heavy atom. The van der Waals surface area contributed by atoms with Crippen molar-refractivity contribution in [3.8, 4) is 0 Å². The highest BCUT2D eigenvalue weighted by molar-refractivity contribution is 5.76. The molecule has 0 fully saturated rings. The van der Waals surface area contributed by atoms with Gasteiger partial charge in [0.2, 0.25) is 0 Å². The van der Waals surface area contributed by atoms with Crippen LogP contribution in [0.15, 0.2) is 12.3 Å². The minimum atomic E-state index is -0.00694. The van der Waals surface area contributed by atoms with Crippen LogP contribution in [0, 0.1) is 0 Å². The summed E-state index contributed by atoms with van der Waals surface area (Å²) in [6, 6.07) is 0. The Bertz CT molecular complexity index is 132. The molecule has 0 atom stereocenters. The van der Waals surface area contributed by atoms with Gasteiger partial charge in [-0.2, -0.15) is 5.06 Å². The van der Waals surface area contributed by atoms with Crippen molar-refractivity contribution in [1.29, 1.82) is 0 Å². The maximum atomic E-state index is 10.5. The fraction of sp³-hybridized carbons (Fsp3) is 0.571. The van der Waals surface area contributed by atoms with Gasteiger partial charge in [0, 0.05) is 7.05 Å². The highest BCUT2D eigenvalue weighted by Gasteiger charge is 2.08. The molecule has 1 aliphatic heterocycles. The molecule has 3 nitrogen and oxygen atoms in total. The van der Waals surface area contributed by atoms with Gasteiger partial charge in [-0.25, -0.2) is 0 Å². The summed E-state index contributed by atoms with van der Waals surface area (Å²) in [5.74, 6) is -0.00694. The molecule has 0 unspecified atom stereocenters. The molecule has 0 bridgehead atoms. The lowest BCUT2D eigenvalue weighted by atomic mass is 10.4. The normalized spacial score (nSPS) is 15.5. The second-order valence-electron chi connectivity index (χ2n) is 1.57. The Morgan fingerprint density at radius 3 is 2.50 bits per heavy atom. The van der Waals surface area contributed by atoms with Crippen molar-refractivity contribution in [3.05, 3.63) is 12.3 Å². The first-order valence-electron chi connectivity index (χ1n) is 3.39. The number of amides is 1. The van der Waals surface area contributed by atoms with E-state index in [4.69, 9.17) is 4.84 Å². The number of carbonyl (C=O) groups is 1. The molecule has 58 valence electrons. The number of hydroxylamine groups is 2. The van der Waals surface area contributed by atoms with Gasteiger partial charge < -0.3 is 4.84 Å². The summed E-state index contributed by atoms with van der Waals surface area (Å²) in [6.07, 6.45) is 3.64. The lowest BCUT2D eigenvalue weighted by Gasteiger charge is -2.16. The van der Waals surface area contributed by atoms with Gasteiger partial charge in [0.05, 0.1) is 6.42 Å². The Labute approximate surface area is 61.2 Å². The molecule has 1 aliphatic rings. The predicted octanol–water partition coefficient (Wildman–Crippen LogP) is 1.32. The summed E-state index contributed by atoms with van der Waals surface area (Å²) in [5.41, 5.74) is 0. The summed E-state index contributed by atoms with van der Waals surface area (Å²) < 4.78 is 0. The number of nitrogens with zero attached hydrogens (tertiary/aromatic N) is 1. The van der Waals surface area contributed by atoms with E-state index in [2.05, 4.69) is 0 Å². The molecule has 0 aliphatic carbocycles. The van der Waals surface area contributed by atoms with Gasteiger partial charge in [0.15, 0.2) is 0 Å². The monoisotopic (exact) mass is 143 g/mol. The molecule has 0 saturated carbocycles. The zero-order valence-electron chi connectivity index (χ0n) is 6.63. The van der Waals surface area contributed by atoms with Crippen molar-refractivity contribution in [3.63, 3.8) is 0 Å². The van der Waals surface area contributed by atoms with Gasteiger partial charge in [-0.15, -0.1) is 0 Å². The number of hydrogen-bond donors (Lipinski definition) is 0. The largest absolute Gasteiger partial charge is 0.385 e. The SMILES string of the molecule is CC.CN1OC=CCC1=O. The standard InChI is InChI=1S/C5H7NO2.C2H6/c1-6-5(7)3-2-4-8-6;1-2/h2,4H,3H2,1H3;1-2H3. The molecule has 1 heterocycles. The molecule has 0 spiro atoms. The number of hydrogen-bond acceptors (Lipinski definition) is 2.